The van der Waals surface area contributed by atoms with Gasteiger partial charge in [-0.3, -0.25) is 0 Å². The van der Waals surface area contributed by atoms with Crippen LogP contribution in [-0.2, 0) is 0 Å². The number of aromatic nitrogens is 2. The number of fused-ring (bicyclic) bond motifs is 14. The average molecular weight is 861 g/mol. The predicted molar refractivity (Wildman–Crippen MR) is 291 cm³/mol. The second-order valence-electron chi connectivity index (χ2n) is 18.3. The normalized spacial score (nSPS) is 12.1. The molecule has 0 bridgehead atoms. The molecule has 13 aromatic carbocycles. The first-order valence-electron chi connectivity index (χ1n) is 23.6. The minimum absolute atomic E-state index is 1.14. The zero-order valence-corrected chi connectivity index (χ0v) is 37.0. The lowest BCUT2D eigenvalue weighted by Gasteiger charge is -2.23. The molecule has 2 heteroatoms. The van der Waals surface area contributed by atoms with Gasteiger partial charge in [0, 0.05) is 32.9 Å². The maximum Gasteiger partial charge on any atom is 0.0541 e. The summed E-state index contributed by atoms with van der Waals surface area (Å²) in [5, 5.41) is 19.9. The van der Waals surface area contributed by atoms with Gasteiger partial charge in [0.2, 0.25) is 0 Å². The summed E-state index contributed by atoms with van der Waals surface area (Å²) in [5.74, 6) is 0. The van der Waals surface area contributed by atoms with Crippen LogP contribution in [0, 0.1) is 0 Å². The molecule has 0 aliphatic rings. The van der Waals surface area contributed by atoms with E-state index in [1.54, 1.807) is 0 Å². The molecular weight excluding hydrogens is 821 g/mol. The van der Waals surface area contributed by atoms with E-state index in [-0.39, 0.29) is 0 Å². The topological polar surface area (TPSA) is 9.86 Å². The monoisotopic (exact) mass is 860 g/mol. The van der Waals surface area contributed by atoms with E-state index in [9.17, 15) is 0 Å². The Balaban J connectivity index is 1.17. The van der Waals surface area contributed by atoms with Gasteiger partial charge in [0.1, 0.15) is 0 Å². The molecule has 68 heavy (non-hydrogen) atoms. The molecule has 0 radical (unpaired) electrons. The SMILES string of the molecule is c1ccc2c(c1)cc(-c1c3ccc(-n4c5ccccc5c5ccccc54)cc3c(-c3cc4ccccc4c4ccccc34)c3ccc(-n4c5ccccc5c5ccccc54)cc13)c1ccccc12. The third-order valence-electron chi connectivity index (χ3n) is 14.8. The van der Waals surface area contributed by atoms with Crippen molar-refractivity contribution >= 4 is 108 Å². The van der Waals surface area contributed by atoms with Gasteiger partial charge in [0.25, 0.3) is 0 Å². The van der Waals surface area contributed by atoms with Gasteiger partial charge in [-0.25, -0.2) is 0 Å². The molecule has 0 spiro atoms. The van der Waals surface area contributed by atoms with Gasteiger partial charge in [-0.1, -0.05) is 182 Å². The van der Waals surface area contributed by atoms with Crippen molar-refractivity contribution in [2.75, 3.05) is 0 Å². The zero-order valence-electron chi connectivity index (χ0n) is 37.0. The lowest BCUT2D eigenvalue weighted by Crippen LogP contribution is -1.99. The molecule has 2 nitrogen and oxygen atoms in total. The highest BCUT2D eigenvalue weighted by Gasteiger charge is 2.24. The van der Waals surface area contributed by atoms with Crippen molar-refractivity contribution in [3.8, 4) is 33.6 Å². The maximum atomic E-state index is 2.49. The van der Waals surface area contributed by atoms with E-state index in [0.717, 1.165) is 11.4 Å². The molecule has 0 unspecified atom stereocenters. The summed E-state index contributed by atoms with van der Waals surface area (Å²) in [5.41, 5.74) is 12.0. The van der Waals surface area contributed by atoms with Gasteiger partial charge in [0.05, 0.1) is 22.1 Å². The lowest BCUT2D eigenvalue weighted by molar-refractivity contribution is 1.18. The molecule has 0 saturated carbocycles. The van der Waals surface area contributed by atoms with Crippen molar-refractivity contribution in [2.45, 2.75) is 0 Å². The van der Waals surface area contributed by atoms with Crippen molar-refractivity contribution in [3.63, 3.8) is 0 Å². The molecule has 2 heterocycles. The fraction of sp³-hybridized carbons (Fsp3) is 0. The van der Waals surface area contributed by atoms with E-state index >= 15 is 0 Å². The Bertz CT molecular complexity index is 4220. The quantitative estimate of drug-likeness (QED) is 0.123. The Morgan fingerprint density at radius 2 is 0.485 bits per heavy atom. The molecule has 0 aliphatic carbocycles. The Morgan fingerprint density at radius 1 is 0.191 bits per heavy atom. The van der Waals surface area contributed by atoms with Crippen LogP contribution < -0.4 is 0 Å². The minimum atomic E-state index is 1.14. The molecular formula is C66H40N2. The molecule has 314 valence electrons. The molecule has 15 rings (SSSR count). The number of nitrogens with zero attached hydrogens (tertiary/aromatic N) is 2. The van der Waals surface area contributed by atoms with Gasteiger partial charge in [-0.05, 0) is 148 Å². The number of benzene rings is 13. The van der Waals surface area contributed by atoms with Crippen LogP contribution in [0.2, 0.25) is 0 Å². The summed E-state index contributed by atoms with van der Waals surface area (Å²) in [6.45, 7) is 0. The molecule has 0 amide bonds. The summed E-state index contributed by atoms with van der Waals surface area (Å²) >= 11 is 0. The highest BCUT2D eigenvalue weighted by atomic mass is 15.0. The zero-order chi connectivity index (χ0) is 44.5. The standard InChI is InChI=1S/C66H40N2/c1-3-19-45-41(17-1)37-57(49-23-7-5-21-47(45)49)65-55-35-33-44(68-63-31-15-11-27-53(63)54-28-12-16-32-64(54)68)40-60(55)66(58-38-42-18-2-4-20-46(42)48-22-6-8-24-50(48)58)56-36-34-43(39-59(56)65)67-61-29-13-9-25-51(61)52-26-10-14-30-62(52)67/h1-40H. The van der Waals surface area contributed by atoms with Crippen LogP contribution in [0.15, 0.2) is 243 Å². The highest BCUT2D eigenvalue weighted by molar-refractivity contribution is 6.29. The maximum absolute atomic E-state index is 2.49. The molecule has 0 atom stereocenters. The molecule has 0 saturated heterocycles. The molecule has 2 aromatic heterocycles. The Labute approximate surface area is 391 Å². The Kier molecular flexibility index (Phi) is 7.81. The first kappa shape index (κ1) is 37.3. The summed E-state index contributed by atoms with van der Waals surface area (Å²) < 4.78 is 4.93. The van der Waals surface area contributed by atoms with Crippen molar-refractivity contribution in [1.29, 1.82) is 0 Å². The predicted octanol–water partition coefficient (Wildman–Crippen LogP) is 18.1. The number of hydrogen-bond donors (Lipinski definition) is 0. The fourth-order valence-corrected chi connectivity index (χ4v) is 12.0. The number of hydrogen-bond acceptors (Lipinski definition) is 0. The molecule has 0 aliphatic heterocycles. The van der Waals surface area contributed by atoms with Crippen molar-refractivity contribution in [3.05, 3.63) is 243 Å². The summed E-state index contributed by atoms with van der Waals surface area (Å²) in [4.78, 5) is 0. The Hall–Kier alpha value is -8.98. The molecule has 0 fully saturated rings. The van der Waals surface area contributed by atoms with Crippen LogP contribution in [0.5, 0.6) is 0 Å². The molecule has 0 N–H and O–H groups in total. The van der Waals surface area contributed by atoms with Crippen molar-refractivity contribution in [1.82, 2.24) is 9.13 Å². The van der Waals surface area contributed by atoms with Gasteiger partial charge in [-0.2, -0.15) is 0 Å². The van der Waals surface area contributed by atoms with E-state index in [4.69, 9.17) is 0 Å². The lowest BCUT2D eigenvalue weighted by atomic mass is 9.82. The highest BCUT2D eigenvalue weighted by Crippen LogP contribution is 2.50. The van der Waals surface area contributed by atoms with Crippen LogP contribution >= 0.6 is 0 Å². The van der Waals surface area contributed by atoms with Crippen molar-refractivity contribution in [2.24, 2.45) is 0 Å². The average Bonchev–Trinajstić information content (AvgIpc) is 3.93. The van der Waals surface area contributed by atoms with Crippen LogP contribution in [0.25, 0.3) is 142 Å². The summed E-state index contributed by atoms with van der Waals surface area (Å²) in [6.07, 6.45) is 0. The van der Waals surface area contributed by atoms with E-state index in [1.165, 1.54) is 131 Å². The third-order valence-corrected chi connectivity index (χ3v) is 14.8. The van der Waals surface area contributed by atoms with E-state index in [0.29, 0.717) is 0 Å². The van der Waals surface area contributed by atoms with Crippen LogP contribution in [-0.4, -0.2) is 9.13 Å². The van der Waals surface area contributed by atoms with Crippen LogP contribution in [0.4, 0.5) is 0 Å². The van der Waals surface area contributed by atoms with Crippen molar-refractivity contribution < 1.29 is 0 Å². The molecule has 15 aromatic rings. The van der Waals surface area contributed by atoms with Crippen LogP contribution in [0.1, 0.15) is 0 Å². The van der Waals surface area contributed by atoms with E-state index in [2.05, 4.69) is 252 Å². The number of para-hydroxylation sites is 4. The van der Waals surface area contributed by atoms with Gasteiger partial charge < -0.3 is 9.13 Å². The Morgan fingerprint density at radius 3 is 0.853 bits per heavy atom. The smallest absolute Gasteiger partial charge is 0.0541 e. The number of rotatable bonds is 4. The first-order valence-corrected chi connectivity index (χ1v) is 23.6. The first-order chi connectivity index (χ1) is 33.8. The minimum Gasteiger partial charge on any atom is -0.309 e. The van der Waals surface area contributed by atoms with Crippen LogP contribution in [0.3, 0.4) is 0 Å². The van der Waals surface area contributed by atoms with Gasteiger partial charge in [0.15, 0.2) is 0 Å². The second kappa shape index (κ2) is 14.3. The summed E-state index contributed by atoms with van der Waals surface area (Å²) in [7, 11) is 0. The van der Waals surface area contributed by atoms with E-state index < -0.39 is 0 Å². The summed E-state index contributed by atoms with van der Waals surface area (Å²) in [6, 6.07) is 90.5. The van der Waals surface area contributed by atoms with E-state index in [1.807, 2.05) is 0 Å². The second-order valence-corrected chi connectivity index (χ2v) is 18.3. The third kappa shape index (κ3) is 5.23. The van der Waals surface area contributed by atoms with Gasteiger partial charge >= 0.3 is 0 Å². The fourth-order valence-electron chi connectivity index (χ4n) is 12.0. The largest absolute Gasteiger partial charge is 0.309 e. The van der Waals surface area contributed by atoms with Gasteiger partial charge in [-0.15, -0.1) is 0 Å².